The molecule has 0 radical (unpaired) electrons. The van der Waals surface area contributed by atoms with E-state index in [4.69, 9.17) is 4.42 Å². The van der Waals surface area contributed by atoms with Crippen molar-refractivity contribution in [1.29, 1.82) is 0 Å². The van der Waals surface area contributed by atoms with Crippen molar-refractivity contribution in [2.45, 2.75) is 6.18 Å². The van der Waals surface area contributed by atoms with Crippen molar-refractivity contribution in [2.75, 3.05) is 0 Å². The Morgan fingerprint density at radius 3 is 1.93 bits per heavy atom. The largest absolute Gasteiger partial charge is 0.506 e. The van der Waals surface area contributed by atoms with E-state index in [0.717, 1.165) is 16.7 Å². The molecule has 0 atom stereocenters. The number of carbonyl (C=O) groups excluding carboxylic acids is 1. The van der Waals surface area contributed by atoms with E-state index in [0.29, 0.717) is 5.56 Å². The number of hydrogen-bond acceptors (Lipinski definition) is 4. The van der Waals surface area contributed by atoms with Crippen LogP contribution in [0.2, 0.25) is 0 Å². The van der Waals surface area contributed by atoms with Gasteiger partial charge in [0.1, 0.15) is 11.3 Å². The van der Waals surface area contributed by atoms with Crippen LogP contribution >= 0.6 is 0 Å². The monoisotopic (exact) mass is 410 g/mol. The standard InChI is InChI=1S/C23H13F3O4/c24-23(25,26)21(28)19-20(27)17-12-16(10-11-18(17)30-22(19)29)15-8-6-14(7-9-15)13-4-2-1-3-5-13/h1-12,27H. The molecule has 0 fully saturated rings. The van der Waals surface area contributed by atoms with Crippen molar-refractivity contribution in [3.05, 3.63) is 88.8 Å². The zero-order chi connectivity index (χ0) is 21.5. The predicted molar refractivity (Wildman–Crippen MR) is 105 cm³/mol. The van der Waals surface area contributed by atoms with E-state index in [-0.39, 0.29) is 11.0 Å². The van der Waals surface area contributed by atoms with Crippen LogP contribution in [-0.4, -0.2) is 17.1 Å². The highest BCUT2D eigenvalue weighted by Crippen LogP contribution is 2.34. The molecule has 4 nitrogen and oxygen atoms in total. The molecule has 0 bridgehead atoms. The molecular weight excluding hydrogens is 397 g/mol. The number of halogens is 3. The first-order valence-electron chi connectivity index (χ1n) is 8.83. The third kappa shape index (κ3) is 3.45. The van der Waals surface area contributed by atoms with Gasteiger partial charge in [0.15, 0.2) is 5.56 Å². The maximum Gasteiger partial charge on any atom is 0.455 e. The molecular formula is C23H13F3O4. The Labute approximate surface area is 167 Å². The average Bonchev–Trinajstić information content (AvgIpc) is 2.73. The molecule has 0 unspecified atom stereocenters. The first kappa shape index (κ1) is 19.4. The smallest absolute Gasteiger partial charge is 0.455 e. The van der Waals surface area contributed by atoms with E-state index in [1.165, 1.54) is 12.1 Å². The van der Waals surface area contributed by atoms with Crippen LogP contribution in [0.3, 0.4) is 0 Å². The second-order valence-corrected chi connectivity index (χ2v) is 6.59. The second-order valence-electron chi connectivity index (χ2n) is 6.59. The average molecular weight is 410 g/mol. The van der Waals surface area contributed by atoms with Crippen LogP contribution in [0.4, 0.5) is 13.2 Å². The summed E-state index contributed by atoms with van der Waals surface area (Å²) in [6.07, 6.45) is -5.31. The summed E-state index contributed by atoms with van der Waals surface area (Å²) in [7, 11) is 0. The molecule has 30 heavy (non-hydrogen) atoms. The molecule has 1 aromatic heterocycles. The first-order valence-corrected chi connectivity index (χ1v) is 8.83. The molecule has 0 amide bonds. The Kier molecular flexibility index (Phi) is 4.66. The molecule has 0 spiro atoms. The first-order chi connectivity index (χ1) is 14.3. The van der Waals surface area contributed by atoms with Gasteiger partial charge in [-0.25, -0.2) is 4.79 Å². The third-order valence-electron chi connectivity index (χ3n) is 4.69. The maximum atomic E-state index is 12.8. The number of Topliss-reactive ketones (excluding diaryl/α,β-unsaturated/α-hetero) is 1. The number of benzene rings is 3. The topological polar surface area (TPSA) is 67.5 Å². The van der Waals surface area contributed by atoms with E-state index < -0.39 is 28.9 Å². The fourth-order valence-corrected chi connectivity index (χ4v) is 3.19. The quantitative estimate of drug-likeness (QED) is 0.354. The van der Waals surface area contributed by atoms with E-state index in [2.05, 4.69) is 0 Å². The summed E-state index contributed by atoms with van der Waals surface area (Å²) in [6.45, 7) is 0. The zero-order valence-corrected chi connectivity index (χ0v) is 15.2. The van der Waals surface area contributed by atoms with Gasteiger partial charge in [0.25, 0.3) is 5.78 Å². The Balaban J connectivity index is 1.80. The lowest BCUT2D eigenvalue weighted by Crippen LogP contribution is -2.28. The van der Waals surface area contributed by atoms with Gasteiger partial charge in [-0.15, -0.1) is 0 Å². The fraction of sp³-hybridized carbons (Fsp3) is 0.0435. The SMILES string of the molecule is O=C(c1c(O)c2cc(-c3ccc(-c4ccccc4)cc3)ccc2oc1=O)C(F)(F)F. The number of fused-ring (bicyclic) bond motifs is 1. The minimum atomic E-state index is -5.31. The zero-order valence-electron chi connectivity index (χ0n) is 15.2. The number of rotatable bonds is 3. The van der Waals surface area contributed by atoms with Gasteiger partial charge in [-0.3, -0.25) is 4.79 Å². The summed E-state index contributed by atoms with van der Waals surface area (Å²) >= 11 is 0. The molecule has 4 rings (SSSR count). The molecule has 0 saturated heterocycles. The molecule has 4 aromatic rings. The summed E-state index contributed by atoms with van der Waals surface area (Å²) in [6, 6.07) is 21.4. The molecule has 1 N–H and O–H groups in total. The number of ketones is 1. The van der Waals surface area contributed by atoms with E-state index in [1.807, 2.05) is 54.6 Å². The lowest BCUT2D eigenvalue weighted by Gasteiger charge is -2.10. The Bertz CT molecular complexity index is 1300. The van der Waals surface area contributed by atoms with Gasteiger partial charge in [0.05, 0.1) is 5.39 Å². The summed E-state index contributed by atoms with van der Waals surface area (Å²) in [5.41, 5.74) is 0.210. The van der Waals surface area contributed by atoms with Gasteiger partial charge in [-0.1, -0.05) is 60.7 Å². The van der Waals surface area contributed by atoms with Crippen molar-refractivity contribution in [2.24, 2.45) is 0 Å². The number of carbonyl (C=O) groups is 1. The minimum absolute atomic E-state index is 0.124. The Hall–Kier alpha value is -3.87. The number of hydrogen-bond donors (Lipinski definition) is 1. The van der Waals surface area contributed by atoms with Crippen molar-refractivity contribution >= 4 is 16.8 Å². The molecule has 150 valence electrons. The minimum Gasteiger partial charge on any atom is -0.506 e. The van der Waals surface area contributed by atoms with Crippen LogP contribution in [0.15, 0.2) is 82.0 Å². The summed E-state index contributed by atoms with van der Waals surface area (Å²) in [5, 5.41) is 10.1. The molecule has 1 heterocycles. The third-order valence-corrected chi connectivity index (χ3v) is 4.69. The summed E-state index contributed by atoms with van der Waals surface area (Å²) in [5.74, 6) is -3.50. The summed E-state index contributed by atoms with van der Waals surface area (Å²) < 4.78 is 43.1. The number of alkyl halides is 3. The van der Waals surface area contributed by atoms with Crippen molar-refractivity contribution in [3.63, 3.8) is 0 Å². The van der Waals surface area contributed by atoms with Crippen LogP contribution in [0.5, 0.6) is 5.75 Å². The lowest BCUT2D eigenvalue weighted by molar-refractivity contribution is -0.0888. The maximum absolute atomic E-state index is 12.8. The molecule has 7 heteroatoms. The van der Waals surface area contributed by atoms with E-state index in [9.17, 15) is 27.9 Å². The summed E-state index contributed by atoms with van der Waals surface area (Å²) in [4.78, 5) is 23.4. The molecule has 0 aliphatic heterocycles. The van der Waals surface area contributed by atoms with Gasteiger partial charge in [0, 0.05) is 0 Å². The normalized spacial score (nSPS) is 11.6. The van der Waals surface area contributed by atoms with Crippen LogP contribution in [0.1, 0.15) is 10.4 Å². The van der Waals surface area contributed by atoms with Crippen molar-refractivity contribution in [3.8, 4) is 28.0 Å². The van der Waals surface area contributed by atoms with Crippen molar-refractivity contribution < 1.29 is 27.5 Å². The van der Waals surface area contributed by atoms with Gasteiger partial charge in [0.2, 0.25) is 0 Å². The van der Waals surface area contributed by atoms with Crippen LogP contribution < -0.4 is 5.63 Å². The van der Waals surface area contributed by atoms with Crippen molar-refractivity contribution in [1.82, 2.24) is 0 Å². The van der Waals surface area contributed by atoms with E-state index in [1.54, 1.807) is 6.07 Å². The van der Waals surface area contributed by atoms with Crippen LogP contribution in [-0.2, 0) is 0 Å². The highest BCUT2D eigenvalue weighted by molar-refractivity contribution is 6.06. The highest BCUT2D eigenvalue weighted by Gasteiger charge is 2.43. The second kappa shape index (κ2) is 7.18. The molecule has 0 saturated carbocycles. The van der Waals surface area contributed by atoms with Gasteiger partial charge in [-0.2, -0.15) is 13.2 Å². The lowest BCUT2D eigenvalue weighted by atomic mass is 9.98. The van der Waals surface area contributed by atoms with E-state index >= 15 is 0 Å². The predicted octanol–water partition coefficient (Wildman–Crippen LogP) is 5.58. The number of aromatic hydroxyl groups is 1. The van der Waals surface area contributed by atoms with Gasteiger partial charge in [-0.05, 0) is 34.4 Å². The Morgan fingerprint density at radius 2 is 1.33 bits per heavy atom. The fourth-order valence-electron chi connectivity index (χ4n) is 3.19. The molecule has 0 aliphatic carbocycles. The Morgan fingerprint density at radius 1 is 0.800 bits per heavy atom. The highest BCUT2D eigenvalue weighted by atomic mass is 19.4. The van der Waals surface area contributed by atoms with Gasteiger partial charge >= 0.3 is 11.8 Å². The molecule has 3 aromatic carbocycles. The van der Waals surface area contributed by atoms with Crippen LogP contribution in [0, 0.1) is 0 Å². The van der Waals surface area contributed by atoms with Crippen LogP contribution in [0.25, 0.3) is 33.2 Å². The van der Waals surface area contributed by atoms with Gasteiger partial charge < -0.3 is 9.52 Å². The molecule has 0 aliphatic rings.